The van der Waals surface area contributed by atoms with E-state index < -0.39 is 18.5 Å². The number of rotatable bonds is 4. The maximum absolute atomic E-state index is 13.5. The third-order valence-corrected chi connectivity index (χ3v) is 5.38. The normalized spacial score (nSPS) is 15.6. The highest BCUT2D eigenvalue weighted by Crippen LogP contribution is 2.29. The van der Waals surface area contributed by atoms with Crippen LogP contribution in [0.1, 0.15) is 22.8 Å². The van der Waals surface area contributed by atoms with E-state index in [4.69, 9.17) is 5.11 Å². The highest BCUT2D eigenvalue weighted by Gasteiger charge is 2.31. The minimum Gasteiger partial charge on any atom is -0.480 e. The number of aromatic nitrogens is 2. The van der Waals surface area contributed by atoms with Crippen molar-refractivity contribution in [1.82, 2.24) is 20.0 Å². The van der Waals surface area contributed by atoms with Crippen LogP contribution in [0.2, 0.25) is 0 Å². The van der Waals surface area contributed by atoms with E-state index in [0.29, 0.717) is 5.56 Å². The molecule has 1 aliphatic rings. The van der Waals surface area contributed by atoms with Crippen molar-refractivity contribution in [3.05, 3.63) is 78.1 Å². The van der Waals surface area contributed by atoms with Crippen molar-refractivity contribution < 1.29 is 19.5 Å². The number of hydrogen-bond donors (Lipinski definition) is 2. The Hall–Kier alpha value is -4.14. The molecule has 0 saturated carbocycles. The van der Waals surface area contributed by atoms with Crippen molar-refractivity contribution >= 4 is 23.6 Å². The van der Waals surface area contributed by atoms with E-state index in [-0.39, 0.29) is 25.0 Å². The number of urea groups is 1. The second kappa shape index (κ2) is 8.93. The smallest absolute Gasteiger partial charge is 0.323 e. The molecular weight excluding hydrogens is 410 g/mol. The summed E-state index contributed by atoms with van der Waals surface area (Å²) in [5, 5.41) is 15.5. The minimum absolute atomic E-state index is 0.177. The molecule has 1 aliphatic heterocycles. The number of carbonyl (C=O) groups is 3. The van der Waals surface area contributed by atoms with E-state index in [2.05, 4.69) is 10.4 Å². The Labute approximate surface area is 184 Å². The van der Waals surface area contributed by atoms with Gasteiger partial charge in [-0.25, -0.2) is 9.48 Å². The number of nitrogens with zero attached hydrogens (tertiary/aromatic N) is 4. The second-order valence-corrected chi connectivity index (χ2v) is 7.57. The third-order valence-electron chi connectivity index (χ3n) is 5.38. The van der Waals surface area contributed by atoms with E-state index in [0.717, 1.165) is 16.9 Å². The van der Waals surface area contributed by atoms with Crippen LogP contribution in [-0.2, 0) is 11.3 Å². The first-order chi connectivity index (χ1) is 15.4. The lowest BCUT2D eigenvalue weighted by Crippen LogP contribution is -2.49. The van der Waals surface area contributed by atoms with Crippen LogP contribution in [0.5, 0.6) is 0 Å². The van der Waals surface area contributed by atoms with Crippen LogP contribution in [0, 0.1) is 0 Å². The summed E-state index contributed by atoms with van der Waals surface area (Å²) in [6, 6.07) is 15.6. The van der Waals surface area contributed by atoms with E-state index >= 15 is 0 Å². The van der Waals surface area contributed by atoms with Crippen LogP contribution in [-0.4, -0.2) is 56.8 Å². The Morgan fingerprint density at radius 2 is 1.84 bits per heavy atom. The SMILES string of the molecule is CC1CN(C(=O)c2ccc(-n3cccn3)cc2)c2ccccc2CN1C(=O)NCC(=O)O. The lowest BCUT2D eigenvalue weighted by molar-refractivity contribution is -0.135. The van der Waals surface area contributed by atoms with Crippen LogP contribution >= 0.6 is 0 Å². The first-order valence-electron chi connectivity index (χ1n) is 10.2. The van der Waals surface area contributed by atoms with Crippen LogP contribution < -0.4 is 10.2 Å². The molecule has 0 radical (unpaired) electrons. The van der Waals surface area contributed by atoms with Crippen LogP contribution in [0.15, 0.2) is 67.0 Å². The largest absolute Gasteiger partial charge is 0.480 e. The Morgan fingerprint density at radius 3 is 2.53 bits per heavy atom. The van der Waals surface area contributed by atoms with Gasteiger partial charge in [0.1, 0.15) is 6.54 Å². The molecule has 0 aliphatic carbocycles. The summed E-state index contributed by atoms with van der Waals surface area (Å²) in [5.41, 5.74) is 2.90. The van der Waals surface area contributed by atoms with Crippen molar-refractivity contribution in [3.63, 3.8) is 0 Å². The predicted molar refractivity (Wildman–Crippen MR) is 118 cm³/mol. The monoisotopic (exact) mass is 433 g/mol. The molecule has 0 bridgehead atoms. The lowest BCUT2D eigenvalue weighted by atomic mass is 10.1. The van der Waals surface area contributed by atoms with Gasteiger partial charge in [0.05, 0.1) is 5.69 Å². The zero-order valence-electron chi connectivity index (χ0n) is 17.5. The number of carbonyl (C=O) groups excluding carboxylic acids is 2. The van der Waals surface area contributed by atoms with Crippen molar-refractivity contribution in [2.24, 2.45) is 0 Å². The van der Waals surface area contributed by atoms with Gasteiger partial charge in [-0.2, -0.15) is 5.10 Å². The van der Waals surface area contributed by atoms with Gasteiger partial charge in [-0.1, -0.05) is 18.2 Å². The van der Waals surface area contributed by atoms with Gasteiger partial charge in [0, 0.05) is 42.8 Å². The molecular formula is C23H23N5O4. The molecule has 2 heterocycles. The molecule has 0 fully saturated rings. The summed E-state index contributed by atoms with van der Waals surface area (Å²) in [5.74, 6) is -1.29. The molecule has 1 atom stereocenters. The molecule has 1 aromatic heterocycles. The second-order valence-electron chi connectivity index (χ2n) is 7.57. The van der Waals surface area contributed by atoms with E-state index in [1.807, 2.05) is 55.6 Å². The molecule has 3 aromatic rings. The third kappa shape index (κ3) is 4.31. The highest BCUT2D eigenvalue weighted by molar-refractivity contribution is 6.06. The average molecular weight is 433 g/mol. The molecule has 9 heteroatoms. The van der Waals surface area contributed by atoms with Crippen molar-refractivity contribution in [3.8, 4) is 5.69 Å². The maximum atomic E-state index is 13.5. The van der Waals surface area contributed by atoms with Gasteiger partial charge in [0.15, 0.2) is 0 Å². The number of nitrogens with one attached hydrogen (secondary N) is 1. The van der Waals surface area contributed by atoms with Crippen LogP contribution in [0.25, 0.3) is 5.69 Å². The molecule has 2 aromatic carbocycles. The Morgan fingerprint density at radius 1 is 1.09 bits per heavy atom. The number of fused-ring (bicyclic) bond motifs is 1. The quantitative estimate of drug-likeness (QED) is 0.657. The van der Waals surface area contributed by atoms with Gasteiger partial charge in [-0.05, 0) is 48.9 Å². The summed E-state index contributed by atoms with van der Waals surface area (Å²) < 4.78 is 1.71. The number of anilines is 1. The summed E-state index contributed by atoms with van der Waals surface area (Å²) in [4.78, 5) is 40.1. The average Bonchev–Trinajstić information content (AvgIpc) is 3.29. The molecule has 0 saturated heterocycles. The fourth-order valence-electron chi connectivity index (χ4n) is 3.76. The van der Waals surface area contributed by atoms with Gasteiger partial charge in [0.2, 0.25) is 0 Å². The Kier molecular flexibility index (Phi) is 5.89. The van der Waals surface area contributed by atoms with Crippen LogP contribution in [0.3, 0.4) is 0 Å². The van der Waals surface area contributed by atoms with Crippen LogP contribution in [0.4, 0.5) is 10.5 Å². The molecule has 1 unspecified atom stereocenters. The summed E-state index contributed by atoms with van der Waals surface area (Å²) >= 11 is 0. The van der Waals surface area contributed by atoms with Crippen molar-refractivity contribution in [1.29, 1.82) is 0 Å². The molecule has 2 N–H and O–H groups in total. The van der Waals surface area contributed by atoms with Crippen molar-refractivity contribution in [2.45, 2.75) is 19.5 Å². The first-order valence-corrected chi connectivity index (χ1v) is 10.2. The zero-order chi connectivity index (χ0) is 22.7. The lowest BCUT2D eigenvalue weighted by Gasteiger charge is -2.29. The van der Waals surface area contributed by atoms with Gasteiger partial charge in [-0.15, -0.1) is 0 Å². The number of amides is 3. The topological polar surface area (TPSA) is 108 Å². The van der Waals surface area contributed by atoms with Gasteiger partial charge < -0.3 is 20.2 Å². The maximum Gasteiger partial charge on any atom is 0.323 e. The number of aliphatic carboxylic acids is 1. The number of benzene rings is 2. The fraction of sp³-hybridized carbons (Fsp3) is 0.217. The minimum atomic E-state index is -1.11. The number of hydrogen-bond acceptors (Lipinski definition) is 4. The fourth-order valence-corrected chi connectivity index (χ4v) is 3.76. The highest BCUT2D eigenvalue weighted by atomic mass is 16.4. The summed E-state index contributed by atoms with van der Waals surface area (Å²) in [6.07, 6.45) is 3.51. The van der Waals surface area contributed by atoms with E-state index in [1.165, 1.54) is 0 Å². The zero-order valence-corrected chi connectivity index (χ0v) is 17.5. The Balaban J connectivity index is 1.60. The van der Waals surface area contributed by atoms with Gasteiger partial charge in [-0.3, -0.25) is 9.59 Å². The van der Waals surface area contributed by atoms with Gasteiger partial charge >= 0.3 is 12.0 Å². The summed E-state index contributed by atoms with van der Waals surface area (Å²) in [6.45, 7) is 1.92. The molecule has 32 heavy (non-hydrogen) atoms. The van der Waals surface area contributed by atoms with Crippen molar-refractivity contribution in [2.75, 3.05) is 18.0 Å². The number of para-hydroxylation sites is 1. The van der Waals surface area contributed by atoms with E-state index in [9.17, 15) is 14.4 Å². The molecule has 4 rings (SSSR count). The molecule has 0 spiro atoms. The Bertz CT molecular complexity index is 1130. The number of carboxylic acid groups (broad SMARTS) is 1. The predicted octanol–water partition coefficient (Wildman–Crippen LogP) is 2.52. The molecule has 3 amide bonds. The number of carboxylic acids is 1. The van der Waals surface area contributed by atoms with Gasteiger partial charge in [0.25, 0.3) is 5.91 Å². The molecule has 164 valence electrons. The summed E-state index contributed by atoms with van der Waals surface area (Å²) in [7, 11) is 0. The van der Waals surface area contributed by atoms with E-state index in [1.54, 1.807) is 32.8 Å². The standard InChI is InChI=1S/C23H23N5O4/c1-16-14-27(22(31)17-7-9-19(10-8-17)28-12-4-11-25-28)20-6-3-2-5-18(20)15-26(16)23(32)24-13-21(29)30/h2-12,16H,13-15H2,1H3,(H,24,32)(H,29,30). The molecule has 9 nitrogen and oxygen atoms in total. The first kappa shape index (κ1) is 21.1.